The van der Waals surface area contributed by atoms with Crippen molar-refractivity contribution in [1.29, 1.82) is 0 Å². The van der Waals surface area contributed by atoms with Gasteiger partial charge in [0.15, 0.2) is 17.6 Å². The average molecular weight is 504 g/mol. The van der Waals surface area contributed by atoms with Gasteiger partial charge in [0.2, 0.25) is 5.91 Å². The van der Waals surface area contributed by atoms with E-state index in [2.05, 4.69) is 34.7 Å². The molecule has 0 saturated carbocycles. The van der Waals surface area contributed by atoms with Gasteiger partial charge in [0.25, 0.3) is 5.91 Å². The third kappa shape index (κ3) is 6.63. The molecule has 4 rings (SSSR count). The number of aromatic nitrogens is 3. The molecule has 0 saturated heterocycles. The maximum atomic E-state index is 12.4. The van der Waals surface area contributed by atoms with Gasteiger partial charge in [-0.25, -0.2) is 0 Å². The fourth-order valence-electron chi connectivity index (χ4n) is 3.55. The molecule has 9 heteroatoms. The summed E-state index contributed by atoms with van der Waals surface area (Å²) in [6, 6.07) is 21.5. The molecule has 2 amide bonds. The highest BCUT2D eigenvalue weighted by atomic mass is 32.2. The maximum absolute atomic E-state index is 12.4. The van der Waals surface area contributed by atoms with Crippen molar-refractivity contribution < 1.29 is 14.3 Å². The Bertz CT molecular complexity index is 1350. The molecule has 0 bridgehead atoms. The maximum Gasteiger partial charge on any atom is 0.258 e. The fraction of sp³-hybridized carbons (Fsp3) is 0.259. The SMILES string of the molecule is CC(C)c1ccc(OCC(=O)NCc2nnc(SCC(=O)Nc3ccc4ccccc4c3)n2C)cc1. The van der Waals surface area contributed by atoms with Gasteiger partial charge in [-0.05, 0) is 46.5 Å². The molecule has 1 heterocycles. The third-order valence-electron chi connectivity index (χ3n) is 5.65. The molecule has 0 atom stereocenters. The quantitative estimate of drug-likeness (QED) is 0.309. The predicted octanol–water partition coefficient (Wildman–Crippen LogP) is 4.52. The summed E-state index contributed by atoms with van der Waals surface area (Å²) < 4.78 is 7.32. The van der Waals surface area contributed by atoms with E-state index >= 15 is 0 Å². The molecule has 0 spiro atoms. The van der Waals surface area contributed by atoms with Crippen LogP contribution in [0.3, 0.4) is 0 Å². The lowest BCUT2D eigenvalue weighted by Crippen LogP contribution is -2.29. The highest BCUT2D eigenvalue weighted by Crippen LogP contribution is 2.21. The van der Waals surface area contributed by atoms with E-state index in [4.69, 9.17) is 4.74 Å². The van der Waals surface area contributed by atoms with Crippen LogP contribution in [-0.4, -0.2) is 38.9 Å². The Morgan fingerprint density at radius 3 is 2.47 bits per heavy atom. The van der Waals surface area contributed by atoms with E-state index in [0.717, 1.165) is 16.5 Å². The summed E-state index contributed by atoms with van der Waals surface area (Å²) in [5.74, 6) is 1.47. The van der Waals surface area contributed by atoms with Gasteiger partial charge in [-0.3, -0.25) is 9.59 Å². The van der Waals surface area contributed by atoms with Crippen LogP contribution >= 0.6 is 11.8 Å². The standard InChI is InChI=1S/C27H29N5O3S/c1-18(2)19-9-12-23(13-10-19)35-16-25(33)28-15-24-30-31-27(32(24)3)36-17-26(34)29-22-11-8-20-6-4-5-7-21(20)14-22/h4-14,18H,15-17H2,1-3H3,(H,28,33)(H,29,34). The highest BCUT2D eigenvalue weighted by Gasteiger charge is 2.13. The zero-order chi connectivity index (χ0) is 25.5. The highest BCUT2D eigenvalue weighted by molar-refractivity contribution is 7.99. The zero-order valence-corrected chi connectivity index (χ0v) is 21.3. The number of thioether (sulfide) groups is 1. The first kappa shape index (κ1) is 25.2. The van der Waals surface area contributed by atoms with Gasteiger partial charge in [0, 0.05) is 12.7 Å². The number of nitrogens with one attached hydrogen (secondary N) is 2. The van der Waals surface area contributed by atoms with Crippen LogP contribution in [-0.2, 0) is 23.2 Å². The summed E-state index contributed by atoms with van der Waals surface area (Å²) in [4.78, 5) is 24.6. The van der Waals surface area contributed by atoms with E-state index in [-0.39, 0.29) is 30.7 Å². The molecule has 0 aliphatic carbocycles. The first-order valence-corrected chi connectivity index (χ1v) is 12.7. The molecule has 0 radical (unpaired) electrons. The average Bonchev–Trinajstić information content (AvgIpc) is 3.24. The van der Waals surface area contributed by atoms with Gasteiger partial charge in [-0.2, -0.15) is 0 Å². The van der Waals surface area contributed by atoms with E-state index in [9.17, 15) is 9.59 Å². The van der Waals surface area contributed by atoms with Crippen LogP contribution < -0.4 is 15.4 Å². The minimum absolute atomic E-state index is 0.0879. The van der Waals surface area contributed by atoms with E-state index in [1.807, 2.05) is 66.7 Å². The molecule has 0 aliphatic heterocycles. The van der Waals surface area contributed by atoms with Crippen molar-refractivity contribution in [2.45, 2.75) is 31.5 Å². The Morgan fingerprint density at radius 1 is 0.972 bits per heavy atom. The molecule has 186 valence electrons. The Balaban J connectivity index is 1.22. The molecular formula is C27H29N5O3S. The number of fused-ring (bicyclic) bond motifs is 1. The first-order chi connectivity index (χ1) is 17.4. The van der Waals surface area contributed by atoms with Gasteiger partial charge in [0.1, 0.15) is 5.75 Å². The van der Waals surface area contributed by atoms with Gasteiger partial charge in [-0.1, -0.05) is 68.1 Å². The van der Waals surface area contributed by atoms with Crippen molar-refractivity contribution >= 4 is 40.0 Å². The number of anilines is 1. The lowest BCUT2D eigenvalue weighted by Gasteiger charge is -2.09. The lowest BCUT2D eigenvalue weighted by molar-refractivity contribution is -0.123. The molecule has 2 N–H and O–H groups in total. The second-order valence-electron chi connectivity index (χ2n) is 8.65. The number of hydrogen-bond donors (Lipinski definition) is 2. The number of benzene rings is 3. The molecular weight excluding hydrogens is 474 g/mol. The van der Waals surface area contributed by atoms with Crippen LogP contribution in [0.1, 0.15) is 31.2 Å². The van der Waals surface area contributed by atoms with E-state index in [1.165, 1.54) is 17.3 Å². The molecule has 4 aromatic rings. The predicted molar refractivity (Wildman–Crippen MR) is 142 cm³/mol. The van der Waals surface area contributed by atoms with Crippen LogP contribution in [0.4, 0.5) is 5.69 Å². The molecule has 36 heavy (non-hydrogen) atoms. The van der Waals surface area contributed by atoms with Crippen LogP contribution in [0, 0.1) is 0 Å². The van der Waals surface area contributed by atoms with Crippen LogP contribution in [0.2, 0.25) is 0 Å². The summed E-state index contributed by atoms with van der Waals surface area (Å²) in [5, 5.41) is 16.8. The Hall–Kier alpha value is -3.85. The minimum Gasteiger partial charge on any atom is -0.484 e. The summed E-state index contributed by atoms with van der Waals surface area (Å²) in [6.07, 6.45) is 0. The van der Waals surface area contributed by atoms with Crippen molar-refractivity contribution in [2.75, 3.05) is 17.7 Å². The second kappa shape index (κ2) is 11.7. The number of amides is 2. The van der Waals surface area contributed by atoms with Gasteiger partial charge < -0.3 is 19.9 Å². The number of nitrogens with zero attached hydrogens (tertiary/aromatic N) is 3. The Morgan fingerprint density at radius 2 is 1.72 bits per heavy atom. The van der Waals surface area contributed by atoms with Gasteiger partial charge >= 0.3 is 0 Å². The van der Waals surface area contributed by atoms with Crippen LogP contribution in [0.15, 0.2) is 71.9 Å². The van der Waals surface area contributed by atoms with E-state index in [1.54, 1.807) is 11.6 Å². The Kier molecular flexibility index (Phi) is 8.22. The monoisotopic (exact) mass is 503 g/mol. The molecule has 0 fully saturated rings. The molecule has 3 aromatic carbocycles. The third-order valence-corrected chi connectivity index (χ3v) is 6.67. The smallest absolute Gasteiger partial charge is 0.258 e. The van der Waals surface area contributed by atoms with Crippen molar-refractivity contribution in [3.63, 3.8) is 0 Å². The minimum atomic E-state index is -0.255. The fourth-order valence-corrected chi connectivity index (χ4v) is 4.28. The van der Waals surface area contributed by atoms with E-state index in [0.29, 0.717) is 22.6 Å². The zero-order valence-electron chi connectivity index (χ0n) is 20.5. The topological polar surface area (TPSA) is 98.1 Å². The molecule has 8 nitrogen and oxygen atoms in total. The number of carbonyl (C=O) groups is 2. The summed E-state index contributed by atoms with van der Waals surface area (Å²) in [7, 11) is 1.80. The number of carbonyl (C=O) groups excluding carboxylic acids is 2. The van der Waals surface area contributed by atoms with Crippen molar-refractivity contribution in [1.82, 2.24) is 20.1 Å². The Labute approximate surface area is 214 Å². The number of hydrogen-bond acceptors (Lipinski definition) is 6. The lowest BCUT2D eigenvalue weighted by atomic mass is 10.0. The van der Waals surface area contributed by atoms with Crippen molar-refractivity contribution in [3.8, 4) is 5.75 Å². The normalized spacial score (nSPS) is 11.0. The summed E-state index contributed by atoms with van der Waals surface area (Å²) >= 11 is 1.28. The first-order valence-electron chi connectivity index (χ1n) is 11.7. The van der Waals surface area contributed by atoms with Crippen molar-refractivity contribution in [2.24, 2.45) is 7.05 Å². The largest absolute Gasteiger partial charge is 0.484 e. The summed E-state index contributed by atoms with van der Waals surface area (Å²) in [6.45, 7) is 4.37. The molecule has 0 unspecified atom stereocenters. The molecule has 1 aromatic heterocycles. The van der Waals surface area contributed by atoms with Crippen LogP contribution in [0.25, 0.3) is 10.8 Å². The molecule has 0 aliphatic rings. The van der Waals surface area contributed by atoms with Crippen molar-refractivity contribution in [3.05, 3.63) is 78.1 Å². The summed E-state index contributed by atoms with van der Waals surface area (Å²) in [5.41, 5.74) is 1.97. The number of ether oxygens (including phenoxy) is 1. The second-order valence-corrected chi connectivity index (χ2v) is 9.59. The van der Waals surface area contributed by atoms with Gasteiger partial charge in [0.05, 0.1) is 12.3 Å². The number of rotatable bonds is 10. The van der Waals surface area contributed by atoms with Gasteiger partial charge in [-0.15, -0.1) is 10.2 Å². The van der Waals surface area contributed by atoms with Crippen LogP contribution in [0.5, 0.6) is 5.75 Å². The van der Waals surface area contributed by atoms with E-state index < -0.39 is 0 Å².